The molecule has 1 aliphatic carbocycles. The maximum atomic E-state index is 12.6. The number of aliphatic hydroxyl groups excluding tert-OH is 1. The van der Waals surface area contributed by atoms with Crippen molar-refractivity contribution in [2.45, 2.75) is 50.1 Å². The Morgan fingerprint density at radius 1 is 1.22 bits per heavy atom. The first-order valence-corrected chi connectivity index (χ1v) is 9.77. The van der Waals surface area contributed by atoms with Crippen LogP contribution in [0.1, 0.15) is 38.2 Å². The molecule has 2 N–H and O–H groups in total. The lowest BCUT2D eigenvalue weighted by molar-refractivity contribution is 0.266. The molecule has 1 aromatic rings. The fourth-order valence-corrected chi connectivity index (χ4v) is 4.43. The molecule has 0 atom stereocenters. The molecular formula is C17H28N2O3S. The average Bonchev–Trinajstić information content (AvgIpc) is 2.55. The maximum Gasteiger partial charge on any atom is 0.243 e. The summed E-state index contributed by atoms with van der Waals surface area (Å²) in [5, 5.41) is 12.5. The molecule has 0 aliphatic heterocycles. The average molecular weight is 340 g/mol. The number of rotatable bonds is 7. The van der Waals surface area contributed by atoms with Crippen molar-refractivity contribution in [1.29, 1.82) is 0 Å². The van der Waals surface area contributed by atoms with Gasteiger partial charge in [-0.2, -0.15) is 4.31 Å². The molecule has 0 aromatic heterocycles. The summed E-state index contributed by atoms with van der Waals surface area (Å²) in [5.74, 6) is 0.799. The third-order valence-corrected chi connectivity index (χ3v) is 6.63. The summed E-state index contributed by atoms with van der Waals surface area (Å²) in [6.07, 6.45) is 4.77. The van der Waals surface area contributed by atoms with Gasteiger partial charge in [0.1, 0.15) is 0 Å². The second-order valence-corrected chi connectivity index (χ2v) is 8.51. The van der Waals surface area contributed by atoms with E-state index in [4.69, 9.17) is 5.11 Å². The van der Waals surface area contributed by atoms with Crippen LogP contribution in [0.2, 0.25) is 0 Å². The molecule has 1 fully saturated rings. The van der Waals surface area contributed by atoms with Gasteiger partial charge in [-0.3, -0.25) is 0 Å². The first-order chi connectivity index (χ1) is 10.9. The maximum absolute atomic E-state index is 12.6. The van der Waals surface area contributed by atoms with Gasteiger partial charge in [-0.15, -0.1) is 0 Å². The van der Waals surface area contributed by atoms with Gasteiger partial charge in [0.2, 0.25) is 10.0 Å². The number of nitrogens with one attached hydrogen (secondary N) is 1. The Morgan fingerprint density at radius 3 is 2.52 bits per heavy atom. The Balaban J connectivity index is 2.08. The van der Waals surface area contributed by atoms with Gasteiger partial charge in [-0.05, 0) is 43.2 Å². The second-order valence-electron chi connectivity index (χ2n) is 6.50. The Kier molecular flexibility index (Phi) is 6.59. The molecule has 0 amide bonds. The van der Waals surface area contributed by atoms with Gasteiger partial charge in [-0.25, -0.2) is 8.42 Å². The molecule has 0 bridgehead atoms. The molecular weight excluding hydrogens is 312 g/mol. The van der Waals surface area contributed by atoms with Crippen molar-refractivity contribution in [3.05, 3.63) is 29.8 Å². The van der Waals surface area contributed by atoms with Crippen LogP contribution in [0.3, 0.4) is 0 Å². The molecule has 130 valence electrons. The van der Waals surface area contributed by atoms with E-state index in [1.165, 1.54) is 24.2 Å². The van der Waals surface area contributed by atoms with Crippen molar-refractivity contribution in [1.82, 2.24) is 9.62 Å². The lowest BCUT2D eigenvalue weighted by atomic mass is 9.87. The van der Waals surface area contributed by atoms with Crippen molar-refractivity contribution in [3.63, 3.8) is 0 Å². The zero-order chi connectivity index (χ0) is 16.9. The normalized spacial score (nSPS) is 22.4. The van der Waals surface area contributed by atoms with Gasteiger partial charge in [0, 0.05) is 26.2 Å². The van der Waals surface area contributed by atoms with E-state index in [2.05, 4.69) is 12.2 Å². The number of likely N-dealkylation sites (N-methyl/N-ethyl adjacent to an activating group) is 1. The van der Waals surface area contributed by atoms with Crippen LogP contribution < -0.4 is 5.32 Å². The summed E-state index contributed by atoms with van der Waals surface area (Å²) in [6.45, 7) is 2.76. The Bertz CT molecular complexity index is 596. The third kappa shape index (κ3) is 4.76. The minimum Gasteiger partial charge on any atom is -0.395 e. The van der Waals surface area contributed by atoms with E-state index in [1.54, 1.807) is 12.1 Å². The molecule has 6 heteroatoms. The molecule has 1 aromatic carbocycles. The Morgan fingerprint density at radius 2 is 1.87 bits per heavy atom. The summed E-state index contributed by atoms with van der Waals surface area (Å²) < 4.78 is 26.5. The molecule has 0 radical (unpaired) electrons. The molecule has 23 heavy (non-hydrogen) atoms. The highest BCUT2D eigenvalue weighted by Crippen LogP contribution is 2.24. The minimum absolute atomic E-state index is 0.102. The molecule has 0 spiro atoms. The third-order valence-electron chi connectivity index (χ3n) is 4.67. The van der Waals surface area contributed by atoms with E-state index in [-0.39, 0.29) is 13.2 Å². The predicted molar refractivity (Wildman–Crippen MR) is 91.6 cm³/mol. The molecule has 2 rings (SSSR count). The van der Waals surface area contributed by atoms with Gasteiger partial charge in [0.05, 0.1) is 11.5 Å². The summed E-state index contributed by atoms with van der Waals surface area (Å²) in [6, 6.07) is 7.58. The molecule has 1 aliphatic rings. The zero-order valence-corrected chi connectivity index (χ0v) is 14.8. The highest BCUT2D eigenvalue weighted by atomic mass is 32.2. The highest BCUT2D eigenvalue weighted by Gasteiger charge is 2.24. The van der Waals surface area contributed by atoms with E-state index in [1.807, 2.05) is 12.1 Å². The van der Waals surface area contributed by atoms with Crippen molar-refractivity contribution >= 4 is 10.0 Å². The molecule has 0 saturated heterocycles. The summed E-state index contributed by atoms with van der Waals surface area (Å²) in [5.41, 5.74) is 0.788. The van der Waals surface area contributed by atoms with Gasteiger partial charge < -0.3 is 10.4 Å². The van der Waals surface area contributed by atoms with Crippen molar-refractivity contribution < 1.29 is 13.5 Å². The van der Waals surface area contributed by atoms with Crippen LogP contribution in [0.4, 0.5) is 0 Å². The smallest absolute Gasteiger partial charge is 0.243 e. The lowest BCUT2D eigenvalue weighted by Crippen LogP contribution is -2.34. The van der Waals surface area contributed by atoms with Crippen LogP contribution in [-0.2, 0) is 16.6 Å². The molecule has 5 nitrogen and oxygen atoms in total. The first kappa shape index (κ1) is 18.4. The van der Waals surface area contributed by atoms with Crippen molar-refractivity contribution in [2.24, 2.45) is 5.92 Å². The quantitative estimate of drug-likeness (QED) is 0.796. The number of hydrogen-bond acceptors (Lipinski definition) is 4. The predicted octanol–water partition coefficient (Wildman–Crippen LogP) is 1.97. The standard InChI is InChI=1S/C17H28N2O3S/c1-14-7-9-16(10-8-14)18-13-15-5-3-4-6-17(15)23(21,22)19(2)11-12-20/h3-6,14,16,18,20H,7-13H2,1-2H3. The second kappa shape index (κ2) is 8.24. The summed E-state index contributed by atoms with van der Waals surface area (Å²) in [7, 11) is -2.06. The van der Waals surface area contributed by atoms with Crippen molar-refractivity contribution in [2.75, 3.05) is 20.2 Å². The van der Waals surface area contributed by atoms with Gasteiger partial charge in [0.15, 0.2) is 0 Å². The Labute approximate surface area is 139 Å². The number of aliphatic hydroxyl groups is 1. The van der Waals surface area contributed by atoms with Crippen LogP contribution in [-0.4, -0.2) is 44.1 Å². The topological polar surface area (TPSA) is 69.6 Å². The SMILES string of the molecule is CC1CCC(NCc2ccccc2S(=O)(=O)N(C)CCO)CC1. The van der Waals surface area contributed by atoms with Gasteiger partial charge in [0.25, 0.3) is 0 Å². The lowest BCUT2D eigenvalue weighted by Gasteiger charge is -2.27. The molecule has 0 unspecified atom stereocenters. The first-order valence-electron chi connectivity index (χ1n) is 8.33. The summed E-state index contributed by atoms with van der Waals surface area (Å²) in [4.78, 5) is 0.327. The van der Waals surface area contributed by atoms with Gasteiger partial charge in [-0.1, -0.05) is 25.1 Å². The fraction of sp³-hybridized carbons (Fsp3) is 0.647. The number of sulfonamides is 1. The van der Waals surface area contributed by atoms with E-state index < -0.39 is 10.0 Å². The van der Waals surface area contributed by atoms with E-state index in [0.717, 1.165) is 24.3 Å². The number of nitrogens with zero attached hydrogens (tertiary/aromatic N) is 1. The number of hydrogen-bond donors (Lipinski definition) is 2. The van der Waals surface area contributed by atoms with Crippen LogP contribution in [0.5, 0.6) is 0 Å². The number of benzene rings is 1. The van der Waals surface area contributed by atoms with E-state index in [9.17, 15) is 8.42 Å². The fourth-order valence-electron chi connectivity index (χ4n) is 3.05. The van der Waals surface area contributed by atoms with Crippen LogP contribution in [0.15, 0.2) is 29.2 Å². The van der Waals surface area contributed by atoms with Crippen LogP contribution in [0, 0.1) is 5.92 Å². The van der Waals surface area contributed by atoms with E-state index >= 15 is 0 Å². The minimum atomic E-state index is -3.56. The monoisotopic (exact) mass is 340 g/mol. The Hall–Kier alpha value is -0.950. The molecule has 0 heterocycles. The van der Waals surface area contributed by atoms with Gasteiger partial charge >= 0.3 is 0 Å². The molecule has 1 saturated carbocycles. The highest BCUT2D eigenvalue weighted by molar-refractivity contribution is 7.89. The largest absolute Gasteiger partial charge is 0.395 e. The van der Waals surface area contributed by atoms with Crippen LogP contribution in [0.25, 0.3) is 0 Å². The van der Waals surface area contributed by atoms with E-state index in [0.29, 0.717) is 17.5 Å². The zero-order valence-electron chi connectivity index (χ0n) is 14.0. The summed E-state index contributed by atoms with van der Waals surface area (Å²) >= 11 is 0. The van der Waals surface area contributed by atoms with Crippen molar-refractivity contribution in [3.8, 4) is 0 Å². The van der Waals surface area contributed by atoms with Crippen LogP contribution >= 0.6 is 0 Å².